The first-order valence-electron chi connectivity index (χ1n) is 11.0. The number of carbonyl (C=O) groups is 2. The summed E-state index contributed by atoms with van der Waals surface area (Å²) in [6.07, 6.45) is 1.39. The molecule has 2 aromatic heterocycles. The number of aromatic carboxylic acids is 1. The van der Waals surface area contributed by atoms with Crippen LogP contribution in [0, 0.1) is 13.8 Å². The number of rotatable bonds is 7. The van der Waals surface area contributed by atoms with Crippen LogP contribution in [-0.4, -0.2) is 39.1 Å². The van der Waals surface area contributed by atoms with Crippen LogP contribution in [0.15, 0.2) is 57.5 Å². The minimum absolute atomic E-state index is 0. The molecule has 4 rings (SSSR count). The van der Waals surface area contributed by atoms with Crippen molar-refractivity contribution >= 4 is 66.5 Å². The van der Waals surface area contributed by atoms with E-state index in [1.165, 1.54) is 22.7 Å². The number of carboxylic acid groups (broad SMARTS) is 1. The zero-order chi connectivity index (χ0) is 26.2. The maximum absolute atomic E-state index is 11.6. The molecular formula is C26H25Br2LiN2O5S2. The normalized spacial score (nSPS) is 9.92. The van der Waals surface area contributed by atoms with Crippen molar-refractivity contribution in [2.75, 3.05) is 6.61 Å². The topological polar surface area (TPSA) is 119 Å². The fourth-order valence-electron chi connectivity index (χ4n) is 3.24. The summed E-state index contributed by atoms with van der Waals surface area (Å²) in [5, 5.41) is 9.47. The average molecular weight is 676 g/mol. The van der Waals surface area contributed by atoms with Crippen molar-refractivity contribution in [2.45, 2.75) is 33.6 Å². The standard InChI is InChI=1S/C14H14BrNO2S.C12H10BrNO2S.Li.H2O/c1-3-18-14(17)13-16-12(9(2)19-13)8-10-5-4-6-11(15)7-10;1-7-10(14-11(17-7)12(15)16)6-8-3-2-4-9(13)5-8;;/h4-7H,3,8H2,1-2H3;2-5H,6H2,1H3,(H,15,16);;1H2/q;;+1;/p-1. The van der Waals surface area contributed by atoms with Gasteiger partial charge in [0.15, 0.2) is 0 Å². The van der Waals surface area contributed by atoms with Gasteiger partial charge in [-0.2, -0.15) is 0 Å². The molecule has 0 unspecified atom stereocenters. The number of carbonyl (C=O) groups excluding carboxylic acids is 1. The van der Waals surface area contributed by atoms with Gasteiger partial charge in [0.05, 0.1) is 18.0 Å². The number of esters is 1. The number of ether oxygens (including phenoxy) is 1. The quantitative estimate of drug-likeness (QED) is 0.229. The summed E-state index contributed by atoms with van der Waals surface area (Å²) in [5.41, 5.74) is 4.06. The third kappa shape index (κ3) is 10.0. The minimum Gasteiger partial charge on any atom is -0.870 e. The van der Waals surface area contributed by atoms with Gasteiger partial charge in [0.25, 0.3) is 0 Å². The van der Waals surface area contributed by atoms with Gasteiger partial charge < -0.3 is 15.3 Å². The van der Waals surface area contributed by atoms with Crippen molar-refractivity contribution < 1.29 is 43.8 Å². The molecule has 0 atom stereocenters. The summed E-state index contributed by atoms with van der Waals surface area (Å²) in [7, 11) is 0. The molecule has 0 aliphatic heterocycles. The van der Waals surface area contributed by atoms with E-state index in [2.05, 4.69) is 47.9 Å². The molecule has 0 saturated carbocycles. The second-order valence-corrected chi connectivity index (χ2v) is 11.9. The molecule has 4 aromatic rings. The van der Waals surface area contributed by atoms with Gasteiger partial charge in [0.1, 0.15) is 0 Å². The van der Waals surface area contributed by atoms with Crippen LogP contribution in [0.3, 0.4) is 0 Å². The van der Waals surface area contributed by atoms with Crippen LogP contribution in [0.4, 0.5) is 0 Å². The van der Waals surface area contributed by atoms with Crippen LogP contribution in [-0.2, 0) is 17.6 Å². The maximum Gasteiger partial charge on any atom is 1.00 e. The predicted octanol–water partition coefficient (Wildman–Crippen LogP) is 4.31. The Labute approximate surface area is 258 Å². The van der Waals surface area contributed by atoms with Gasteiger partial charge in [0.2, 0.25) is 10.0 Å². The zero-order valence-electron chi connectivity index (χ0n) is 21.3. The predicted molar refractivity (Wildman–Crippen MR) is 152 cm³/mol. The Morgan fingerprint density at radius 1 is 0.868 bits per heavy atom. The van der Waals surface area contributed by atoms with E-state index in [9.17, 15) is 9.59 Å². The van der Waals surface area contributed by atoms with Crippen molar-refractivity contribution in [3.05, 3.63) is 99.8 Å². The Morgan fingerprint density at radius 3 is 1.71 bits per heavy atom. The largest absolute Gasteiger partial charge is 1.00 e. The molecule has 12 heteroatoms. The second kappa shape index (κ2) is 16.3. The second-order valence-electron chi connectivity index (χ2n) is 7.68. The average Bonchev–Trinajstić information content (AvgIpc) is 3.37. The van der Waals surface area contributed by atoms with E-state index in [0.717, 1.165) is 47.6 Å². The zero-order valence-corrected chi connectivity index (χ0v) is 26.1. The first-order valence-corrected chi connectivity index (χ1v) is 14.2. The van der Waals surface area contributed by atoms with Crippen molar-refractivity contribution in [1.82, 2.24) is 9.97 Å². The smallest absolute Gasteiger partial charge is 0.870 e. The number of hydrogen-bond donors (Lipinski definition) is 1. The number of nitrogens with zero attached hydrogens (tertiary/aromatic N) is 2. The molecule has 2 heterocycles. The maximum atomic E-state index is 11.6. The first kappa shape index (κ1) is 34.2. The van der Waals surface area contributed by atoms with Crippen molar-refractivity contribution in [1.29, 1.82) is 0 Å². The number of aryl methyl sites for hydroxylation is 2. The molecule has 0 amide bonds. The van der Waals surface area contributed by atoms with Crippen molar-refractivity contribution in [3.8, 4) is 0 Å². The number of hydrogen-bond acceptors (Lipinski definition) is 8. The van der Waals surface area contributed by atoms with Crippen LogP contribution in [0.2, 0.25) is 0 Å². The van der Waals surface area contributed by atoms with E-state index in [-0.39, 0.29) is 35.3 Å². The fourth-order valence-corrected chi connectivity index (χ4v) is 5.72. The number of carboxylic acids is 1. The minimum atomic E-state index is -0.960. The summed E-state index contributed by atoms with van der Waals surface area (Å²) in [6.45, 7) is 6.05. The Bertz CT molecular complexity index is 1380. The van der Waals surface area contributed by atoms with E-state index in [1.807, 2.05) is 56.3 Å². The van der Waals surface area contributed by atoms with E-state index in [0.29, 0.717) is 18.0 Å². The Hall–Kier alpha value is -1.84. The van der Waals surface area contributed by atoms with Gasteiger partial charge >= 0.3 is 30.8 Å². The van der Waals surface area contributed by atoms with E-state index >= 15 is 0 Å². The number of benzene rings is 2. The Kier molecular flexibility index (Phi) is 14.7. The van der Waals surface area contributed by atoms with E-state index in [1.54, 1.807) is 6.92 Å². The summed E-state index contributed by atoms with van der Waals surface area (Å²) in [6, 6.07) is 16.0. The molecule has 0 spiro atoms. The molecule has 0 saturated heterocycles. The SMILES string of the molecule is CCOC(=O)c1nc(Cc2cccc(Br)c2)c(C)s1.Cc1sc(C(=O)O)nc1Cc1cccc(Br)c1.[Li+].[OH-]. The first-order chi connectivity index (χ1) is 17.2. The van der Waals surface area contributed by atoms with Crippen LogP contribution in [0.25, 0.3) is 0 Å². The number of aromatic nitrogens is 2. The molecule has 0 aliphatic rings. The summed E-state index contributed by atoms with van der Waals surface area (Å²) < 4.78 is 7.03. The summed E-state index contributed by atoms with van der Waals surface area (Å²) >= 11 is 9.47. The van der Waals surface area contributed by atoms with Crippen LogP contribution < -0.4 is 18.9 Å². The third-order valence-electron chi connectivity index (χ3n) is 4.94. The van der Waals surface area contributed by atoms with Crippen LogP contribution >= 0.6 is 54.5 Å². The molecule has 0 bridgehead atoms. The Morgan fingerprint density at radius 2 is 1.32 bits per heavy atom. The van der Waals surface area contributed by atoms with Gasteiger partial charge in [-0.05, 0) is 56.2 Å². The number of halogens is 2. The van der Waals surface area contributed by atoms with Gasteiger partial charge in [-0.25, -0.2) is 19.6 Å². The summed E-state index contributed by atoms with van der Waals surface area (Å²) in [5.74, 6) is -1.30. The van der Waals surface area contributed by atoms with Crippen molar-refractivity contribution in [3.63, 3.8) is 0 Å². The van der Waals surface area contributed by atoms with Gasteiger partial charge in [-0.1, -0.05) is 56.1 Å². The Balaban J connectivity index is 0.000000363. The summed E-state index contributed by atoms with van der Waals surface area (Å²) in [4.78, 5) is 33.0. The molecular weight excluding hydrogens is 651 g/mol. The van der Waals surface area contributed by atoms with Gasteiger partial charge in [-0.15, -0.1) is 22.7 Å². The van der Waals surface area contributed by atoms with Gasteiger partial charge in [-0.3, -0.25) is 0 Å². The van der Waals surface area contributed by atoms with Crippen LogP contribution in [0.5, 0.6) is 0 Å². The molecule has 2 aromatic carbocycles. The molecule has 0 fully saturated rings. The molecule has 38 heavy (non-hydrogen) atoms. The molecule has 0 aliphatic carbocycles. The number of thiazole rings is 2. The van der Waals surface area contributed by atoms with E-state index in [4.69, 9.17) is 9.84 Å². The molecule has 0 radical (unpaired) electrons. The van der Waals surface area contributed by atoms with E-state index < -0.39 is 5.97 Å². The molecule has 2 N–H and O–H groups in total. The fraction of sp³-hybridized carbons (Fsp3) is 0.231. The van der Waals surface area contributed by atoms with Crippen LogP contribution in [0.1, 0.15) is 58.8 Å². The van der Waals surface area contributed by atoms with Gasteiger partial charge in [0, 0.05) is 31.5 Å². The van der Waals surface area contributed by atoms with Crippen molar-refractivity contribution in [2.24, 2.45) is 0 Å². The molecule has 196 valence electrons. The monoisotopic (exact) mass is 674 g/mol. The third-order valence-corrected chi connectivity index (χ3v) is 7.92. The molecule has 7 nitrogen and oxygen atoms in total.